The van der Waals surface area contributed by atoms with Crippen LogP contribution in [-0.2, 0) is 4.74 Å². The van der Waals surface area contributed by atoms with Crippen LogP contribution in [0.15, 0.2) is 24.3 Å². The number of amides is 1. The van der Waals surface area contributed by atoms with E-state index in [1.165, 1.54) is 6.07 Å². The van der Waals surface area contributed by atoms with Gasteiger partial charge < -0.3 is 4.74 Å². The lowest BCUT2D eigenvalue weighted by Gasteiger charge is -2.32. The Morgan fingerprint density at radius 2 is 2.09 bits per heavy atom. The lowest BCUT2D eigenvalue weighted by Crippen LogP contribution is -2.40. The van der Waals surface area contributed by atoms with Crippen molar-refractivity contribution >= 4 is 11.8 Å². The third kappa shape index (κ3) is 4.00. The van der Waals surface area contributed by atoms with Crippen LogP contribution < -0.4 is 0 Å². The number of nitro groups is 1. The molecular weight excluding hydrogens is 296 g/mol. The van der Waals surface area contributed by atoms with Crippen molar-refractivity contribution in [1.82, 2.24) is 4.90 Å². The van der Waals surface area contributed by atoms with Crippen LogP contribution >= 0.6 is 0 Å². The molecule has 0 N–H and O–H groups in total. The Balaban J connectivity index is 2.31. The van der Waals surface area contributed by atoms with Gasteiger partial charge in [-0.25, -0.2) is 4.79 Å². The molecule has 23 heavy (non-hydrogen) atoms. The van der Waals surface area contributed by atoms with Gasteiger partial charge in [-0.1, -0.05) is 19.1 Å². The summed E-state index contributed by atoms with van der Waals surface area (Å²) in [7, 11) is 0. The first-order chi connectivity index (χ1) is 10.7. The van der Waals surface area contributed by atoms with E-state index in [2.05, 4.69) is 0 Å². The second-order valence-electron chi connectivity index (χ2n) is 6.89. The zero-order valence-corrected chi connectivity index (χ0v) is 14.1. The Labute approximate surface area is 136 Å². The molecule has 2 atom stereocenters. The summed E-state index contributed by atoms with van der Waals surface area (Å²) in [6, 6.07) is 6.46. The number of carbonyl (C=O) groups excluding carboxylic acids is 1. The summed E-state index contributed by atoms with van der Waals surface area (Å²) in [6.07, 6.45) is 2.16. The summed E-state index contributed by atoms with van der Waals surface area (Å²) in [5, 5.41) is 11.0. The Morgan fingerprint density at radius 1 is 1.39 bits per heavy atom. The van der Waals surface area contributed by atoms with Gasteiger partial charge in [0.25, 0.3) is 5.69 Å². The molecule has 1 aromatic rings. The number of hydrogen-bond donors (Lipinski definition) is 0. The first-order valence-electron chi connectivity index (χ1n) is 7.98. The monoisotopic (exact) mass is 320 g/mol. The fraction of sp³-hybridized carbons (Fsp3) is 0.588. The van der Waals surface area contributed by atoms with Crippen LogP contribution in [0, 0.1) is 10.1 Å². The van der Waals surface area contributed by atoms with E-state index in [9.17, 15) is 14.9 Å². The standard InChI is InChI=1S/C17H24N2O4/c1-5-13-9-10-15(18(13)16(20)23-17(2,3)4)12-7-6-8-14(11-12)19(21)22/h6-8,11,13,15H,5,9-10H2,1-4H3. The molecule has 0 aliphatic carbocycles. The largest absolute Gasteiger partial charge is 0.444 e. The van der Waals surface area contributed by atoms with Crippen LogP contribution in [0.2, 0.25) is 0 Å². The zero-order valence-electron chi connectivity index (χ0n) is 14.1. The normalized spacial score (nSPS) is 21.3. The van der Waals surface area contributed by atoms with E-state index in [0.717, 1.165) is 24.8 Å². The molecule has 0 radical (unpaired) electrons. The Morgan fingerprint density at radius 3 is 2.65 bits per heavy atom. The van der Waals surface area contributed by atoms with Gasteiger partial charge in [0, 0.05) is 18.2 Å². The smallest absolute Gasteiger partial charge is 0.411 e. The van der Waals surface area contributed by atoms with E-state index in [0.29, 0.717) is 0 Å². The van der Waals surface area contributed by atoms with Crippen molar-refractivity contribution < 1.29 is 14.5 Å². The highest BCUT2D eigenvalue weighted by Crippen LogP contribution is 2.39. The van der Waals surface area contributed by atoms with Crippen molar-refractivity contribution in [2.45, 2.75) is 64.6 Å². The summed E-state index contributed by atoms with van der Waals surface area (Å²) in [6.45, 7) is 7.55. The number of non-ortho nitro benzene ring substituents is 1. The van der Waals surface area contributed by atoms with E-state index in [4.69, 9.17) is 4.74 Å². The minimum absolute atomic E-state index is 0.0478. The molecule has 1 heterocycles. The van der Waals surface area contributed by atoms with Gasteiger partial charge in [0.05, 0.1) is 11.0 Å². The highest BCUT2D eigenvalue weighted by molar-refractivity contribution is 5.70. The number of ether oxygens (including phenoxy) is 1. The van der Waals surface area contributed by atoms with Crippen LogP contribution in [0.3, 0.4) is 0 Å². The summed E-state index contributed by atoms with van der Waals surface area (Å²) in [5.74, 6) is 0. The van der Waals surface area contributed by atoms with Gasteiger partial charge in [0.15, 0.2) is 0 Å². The second-order valence-corrected chi connectivity index (χ2v) is 6.89. The van der Waals surface area contributed by atoms with E-state index in [1.54, 1.807) is 17.0 Å². The molecule has 126 valence electrons. The lowest BCUT2D eigenvalue weighted by atomic mass is 10.0. The van der Waals surface area contributed by atoms with Crippen LogP contribution in [0.25, 0.3) is 0 Å². The predicted molar refractivity (Wildman–Crippen MR) is 87.2 cm³/mol. The summed E-state index contributed by atoms with van der Waals surface area (Å²) < 4.78 is 5.54. The highest BCUT2D eigenvalue weighted by Gasteiger charge is 2.39. The quantitative estimate of drug-likeness (QED) is 0.609. The number of benzene rings is 1. The van der Waals surface area contributed by atoms with Gasteiger partial charge in [0.2, 0.25) is 0 Å². The molecule has 1 aliphatic rings. The maximum absolute atomic E-state index is 12.6. The van der Waals surface area contributed by atoms with Crippen molar-refractivity contribution in [3.63, 3.8) is 0 Å². The molecule has 0 aromatic heterocycles. The molecule has 1 saturated heterocycles. The van der Waals surface area contributed by atoms with Crippen LogP contribution in [0.5, 0.6) is 0 Å². The average Bonchev–Trinajstić information content (AvgIpc) is 2.89. The SMILES string of the molecule is CCC1CCC(c2cccc([N+](=O)[O-])c2)N1C(=O)OC(C)(C)C. The predicted octanol–water partition coefficient (Wildman–Crippen LogP) is 4.45. The zero-order chi connectivity index (χ0) is 17.2. The Bertz CT molecular complexity index is 595. The molecule has 1 aromatic carbocycles. The third-order valence-electron chi connectivity index (χ3n) is 4.04. The van der Waals surface area contributed by atoms with Crippen molar-refractivity contribution in [1.29, 1.82) is 0 Å². The van der Waals surface area contributed by atoms with Crippen LogP contribution in [0.4, 0.5) is 10.5 Å². The maximum Gasteiger partial charge on any atom is 0.411 e. The summed E-state index contributed by atoms with van der Waals surface area (Å²) >= 11 is 0. The van der Waals surface area contributed by atoms with Gasteiger partial charge in [0.1, 0.15) is 5.60 Å². The summed E-state index contributed by atoms with van der Waals surface area (Å²) in [4.78, 5) is 24.9. The molecule has 1 aliphatic heterocycles. The number of hydrogen-bond acceptors (Lipinski definition) is 4. The molecule has 0 bridgehead atoms. The molecule has 6 heteroatoms. The molecule has 1 amide bonds. The molecule has 0 spiro atoms. The first-order valence-corrected chi connectivity index (χ1v) is 7.98. The topological polar surface area (TPSA) is 72.7 Å². The van der Waals surface area contributed by atoms with E-state index >= 15 is 0 Å². The van der Waals surface area contributed by atoms with Crippen molar-refractivity contribution in [2.75, 3.05) is 0 Å². The fourth-order valence-corrected chi connectivity index (χ4v) is 3.05. The van der Waals surface area contributed by atoms with Crippen molar-refractivity contribution in [3.8, 4) is 0 Å². The van der Waals surface area contributed by atoms with E-state index < -0.39 is 10.5 Å². The minimum atomic E-state index is -0.564. The molecule has 0 saturated carbocycles. The third-order valence-corrected chi connectivity index (χ3v) is 4.04. The van der Waals surface area contributed by atoms with Gasteiger partial charge in [-0.3, -0.25) is 15.0 Å². The first kappa shape index (κ1) is 17.2. The highest BCUT2D eigenvalue weighted by atomic mass is 16.6. The number of rotatable bonds is 3. The second kappa shape index (κ2) is 6.56. The molecular formula is C17H24N2O4. The van der Waals surface area contributed by atoms with Gasteiger partial charge in [-0.05, 0) is 45.6 Å². The molecule has 1 fully saturated rings. The number of nitrogens with zero attached hydrogens (tertiary/aromatic N) is 2. The Kier molecular flexibility index (Phi) is 4.92. The summed E-state index contributed by atoms with van der Waals surface area (Å²) in [5.41, 5.74) is 0.276. The van der Waals surface area contributed by atoms with Crippen molar-refractivity contribution in [2.24, 2.45) is 0 Å². The molecule has 2 rings (SSSR count). The van der Waals surface area contributed by atoms with Gasteiger partial charge >= 0.3 is 6.09 Å². The number of likely N-dealkylation sites (tertiary alicyclic amines) is 1. The molecule has 6 nitrogen and oxygen atoms in total. The van der Waals surface area contributed by atoms with Crippen LogP contribution in [0.1, 0.15) is 58.6 Å². The molecule has 2 unspecified atom stereocenters. The minimum Gasteiger partial charge on any atom is -0.444 e. The van der Waals surface area contributed by atoms with E-state index in [1.807, 2.05) is 33.8 Å². The lowest BCUT2D eigenvalue weighted by molar-refractivity contribution is -0.384. The number of carbonyl (C=O) groups is 1. The fourth-order valence-electron chi connectivity index (χ4n) is 3.05. The van der Waals surface area contributed by atoms with Gasteiger partial charge in [-0.2, -0.15) is 0 Å². The number of nitro benzene ring substituents is 1. The van der Waals surface area contributed by atoms with E-state index in [-0.39, 0.29) is 23.9 Å². The van der Waals surface area contributed by atoms with Gasteiger partial charge in [-0.15, -0.1) is 0 Å². The van der Waals surface area contributed by atoms with Crippen LogP contribution in [-0.4, -0.2) is 27.6 Å². The Hall–Kier alpha value is -2.11. The van der Waals surface area contributed by atoms with Crippen molar-refractivity contribution in [3.05, 3.63) is 39.9 Å². The maximum atomic E-state index is 12.6. The average molecular weight is 320 g/mol.